The third-order valence-electron chi connectivity index (χ3n) is 1.83. The molecule has 0 aliphatic carbocycles. The van der Waals surface area contributed by atoms with Crippen LogP contribution in [0.2, 0.25) is 0 Å². The van der Waals surface area contributed by atoms with E-state index in [1.807, 2.05) is 0 Å². The molecule has 0 atom stereocenters. The van der Waals surface area contributed by atoms with E-state index in [9.17, 15) is 9.59 Å². The summed E-state index contributed by atoms with van der Waals surface area (Å²) in [7, 11) is 0. The van der Waals surface area contributed by atoms with Crippen molar-refractivity contribution in [1.82, 2.24) is 5.32 Å². The van der Waals surface area contributed by atoms with Crippen molar-refractivity contribution in [3.63, 3.8) is 0 Å². The summed E-state index contributed by atoms with van der Waals surface area (Å²) < 4.78 is 0. The minimum Gasteiger partial charge on any atom is -0.351 e. The summed E-state index contributed by atoms with van der Waals surface area (Å²) in [5, 5.41) is 2.62. The number of rotatable bonds is 0. The molecule has 0 aromatic heterocycles. The quantitative estimate of drug-likeness (QED) is 0.674. The van der Waals surface area contributed by atoms with Gasteiger partial charge in [0.15, 0.2) is 5.78 Å². The van der Waals surface area contributed by atoms with E-state index in [1.165, 1.54) is 12.2 Å². The van der Waals surface area contributed by atoms with Crippen LogP contribution < -0.4 is 5.32 Å². The van der Waals surface area contributed by atoms with Gasteiger partial charge in [0.25, 0.3) is 0 Å². The van der Waals surface area contributed by atoms with Gasteiger partial charge in [-0.2, -0.15) is 0 Å². The van der Waals surface area contributed by atoms with Crippen LogP contribution in [0.15, 0.2) is 53.6 Å². The molecule has 0 unspecified atom stereocenters. The molecule has 0 bridgehead atoms. The topological polar surface area (TPSA) is 58.5 Å². The molecule has 0 radical (unpaired) electrons. The number of nitrogens with zero attached hydrogens (tertiary/aromatic N) is 1. The zero-order valence-corrected chi connectivity index (χ0v) is 9.37. The maximum atomic E-state index is 11.2. The zero-order chi connectivity index (χ0) is 12.3. The van der Waals surface area contributed by atoms with Crippen LogP contribution in [-0.2, 0) is 9.59 Å². The van der Waals surface area contributed by atoms with E-state index in [1.54, 1.807) is 42.7 Å². The van der Waals surface area contributed by atoms with Crippen LogP contribution >= 0.6 is 0 Å². The number of carbonyl (C=O) groups is 2. The van der Waals surface area contributed by atoms with Crippen molar-refractivity contribution >= 4 is 17.9 Å². The minimum atomic E-state index is -0.173. The Balaban J connectivity index is 2.67. The van der Waals surface area contributed by atoms with E-state index < -0.39 is 0 Å². The summed E-state index contributed by atoms with van der Waals surface area (Å²) in [4.78, 5) is 26.4. The normalized spacial score (nSPS) is 25.2. The van der Waals surface area contributed by atoms with Crippen molar-refractivity contribution in [1.29, 1.82) is 0 Å². The molecule has 1 amide bonds. The van der Waals surface area contributed by atoms with Gasteiger partial charge in [-0.3, -0.25) is 14.6 Å². The molecule has 17 heavy (non-hydrogen) atoms. The number of hydrogen-bond donors (Lipinski definition) is 1. The van der Waals surface area contributed by atoms with Crippen LogP contribution in [-0.4, -0.2) is 31.0 Å². The Hall–Kier alpha value is -2.23. The number of aliphatic imine (C=N–C) groups is 1. The van der Waals surface area contributed by atoms with Gasteiger partial charge in [0.05, 0.1) is 0 Å². The maximum absolute atomic E-state index is 11.2. The number of amides is 1. The van der Waals surface area contributed by atoms with Crippen LogP contribution in [0.1, 0.15) is 0 Å². The van der Waals surface area contributed by atoms with E-state index in [0.29, 0.717) is 6.54 Å². The molecule has 4 heteroatoms. The predicted molar refractivity (Wildman–Crippen MR) is 67.9 cm³/mol. The third kappa shape index (κ3) is 6.78. The Labute approximate surface area is 100 Å². The Morgan fingerprint density at radius 1 is 1.00 bits per heavy atom. The standard InChI is InChI=1S/C13H14N2O2/c16-12-7-4-2-1-3-5-9-14-11-13(17)15-10-6-8-12/h1-9H,10-11H2,(H,15,17)/b2-1-,5-3-,7-4-,8-6-,14-9?. The highest BCUT2D eigenvalue weighted by Gasteiger charge is 1.95. The summed E-state index contributed by atoms with van der Waals surface area (Å²) >= 11 is 0. The van der Waals surface area contributed by atoms with Crippen molar-refractivity contribution in [3.05, 3.63) is 48.6 Å². The molecule has 1 rings (SSSR count). The second kappa shape index (κ2) is 7.98. The highest BCUT2D eigenvalue weighted by Crippen LogP contribution is 1.85. The summed E-state index contributed by atoms with van der Waals surface area (Å²) in [6.07, 6.45) is 14.7. The molecule has 0 saturated carbocycles. The van der Waals surface area contributed by atoms with Crippen LogP contribution in [0.3, 0.4) is 0 Å². The number of ketones is 1. The third-order valence-corrected chi connectivity index (χ3v) is 1.83. The smallest absolute Gasteiger partial charge is 0.241 e. The van der Waals surface area contributed by atoms with E-state index in [4.69, 9.17) is 0 Å². The first-order valence-corrected chi connectivity index (χ1v) is 5.26. The lowest BCUT2D eigenvalue weighted by Gasteiger charge is -1.97. The lowest BCUT2D eigenvalue weighted by Crippen LogP contribution is -2.25. The lowest BCUT2D eigenvalue weighted by atomic mass is 10.3. The van der Waals surface area contributed by atoms with Crippen molar-refractivity contribution in [3.8, 4) is 0 Å². The molecule has 0 spiro atoms. The Bertz CT molecular complexity index is 415. The molecule has 88 valence electrons. The Morgan fingerprint density at radius 2 is 1.76 bits per heavy atom. The number of carbonyl (C=O) groups excluding carboxylic acids is 2. The van der Waals surface area contributed by atoms with Crippen molar-refractivity contribution < 1.29 is 9.59 Å². The molecular weight excluding hydrogens is 216 g/mol. The van der Waals surface area contributed by atoms with E-state index in [-0.39, 0.29) is 18.2 Å². The van der Waals surface area contributed by atoms with Gasteiger partial charge in [0.2, 0.25) is 5.91 Å². The summed E-state index contributed by atoms with van der Waals surface area (Å²) in [6.45, 7) is 0.424. The number of hydrogen-bond acceptors (Lipinski definition) is 3. The van der Waals surface area contributed by atoms with E-state index in [2.05, 4.69) is 10.3 Å². The van der Waals surface area contributed by atoms with Crippen molar-refractivity contribution in [2.45, 2.75) is 0 Å². The second-order valence-corrected chi connectivity index (χ2v) is 3.23. The highest BCUT2D eigenvalue weighted by molar-refractivity contribution is 5.99. The van der Waals surface area contributed by atoms with Crippen LogP contribution in [0, 0.1) is 0 Å². The lowest BCUT2D eigenvalue weighted by molar-refractivity contribution is -0.119. The first kappa shape index (κ1) is 12.8. The first-order valence-electron chi connectivity index (χ1n) is 5.26. The summed E-state index contributed by atoms with van der Waals surface area (Å²) in [5.74, 6) is -0.285. The van der Waals surface area contributed by atoms with E-state index >= 15 is 0 Å². The Morgan fingerprint density at radius 3 is 2.65 bits per heavy atom. The number of nitrogens with one attached hydrogen (secondary N) is 1. The van der Waals surface area contributed by atoms with Gasteiger partial charge in [-0.25, -0.2) is 0 Å². The summed E-state index contributed by atoms with van der Waals surface area (Å²) in [6, 6.07) is 0. The SMILES string of the molecule is O=C1\C=C/C=C\C=C/C=NCC(=O)NC/C=C\1. The fraction of sp³-hybridized carbons (Fsp3) is 0.154. The minimum absolute atomic E-state index is 0.0914. The van der Waals surface area contributed by atoms with Gasteiger partial charge in [-0.1, -0.05) is 30.4 Å². The van der Waals surface area contributed by atoms with Gasteiger partial charge in [-0.05, 0) is 18.2 Å². The fourth-order valence-corrected chi connectivity index (χ4v) is 1.05. The van der Waals surface area contributed by atoms with Crippen LogP contribution in [0.25, 0.3) is 0 Å². The molecule has 0 saturated heterocycles. The molecular formula is C13H14N2O2. The monoisotopic (exact) mass is 230 g/mol. The molecule has 1 heterocycles. The van der Waals surface area contributed by atoms with Crippen LogP contribution in [0.5, 0.6) is 0 Å². The van der Waals surface area contributed by atoms with E-state index in [0.717, 1.165) is 0 Å². The first-order chi connectivity index (χ1) is 8.29. The number of allylic oxidation sites excluding steroid dienone is 7. The molecule has 1 aliphatic rings. The van der Waals surface area contributed by atoms with Gasteiger partial charge in [0.1, 0.15) is 6.54 Å². The van der Waals surface area contributed by atoms with Gasteiger partial charge in [-0.15, -0.1) is 0 Å². The molecule has 0 aromatic rings. The van der Waals surface area contributed by atoms with Gasteiger partial charge < -0.3 is 5.32 Å². The molecule has 0 aromatic carbocycles. The molecule has 4 nitrogen and oxygen atoms in total. The maximum Gasteiger partial charge on any atom is 0.241 e. The van der Waals surface area contributed by atoms with Crippen molar-refractivity contribution in [2.24, 2.45) is 4.99 Å². The van der Waals surface area contributed by atoms with Gasteiger partial charge >= 0.3 is 0 Å². The zero-order valence-electron chi connectivity index (χ0n) is 9.37. The predicted octanol–water partition coefficient (Wildman–Crippen LogP) is 0.981. The highest BCUT2D eigenvalue weighted by atomic mass is 16.1. The average Bonchev–Trinajstić information content (AvgIpc) is 2.32. The molecule has 1 N–H and O–H groups in total. The van der Waals surface area contributed by atoms with Gasteiger partial charge in [0, 0.05) is 12.8 Å². The van der Waals surface area contributed by atoms with Crippen LogP contribution in [0.4, 0.5) is 0 Å². The second-order valence-electron chi connectivity index (χ2n) is 3.23. The Kier molecular flexibility index (Phi) is 6.03. The molecule has 1 aliphatic heterocycles. The summed E-state index contributed by atoms with van der Waals surface area (Å²) in [5.41, 5.74) is 0. The average molecular weight is 230 g/mol. The molecule has 0 fully saturated rings. The fourth-order valence-electron chi connectivity index (χ4n) is 1.05. The van der Waals surface area contributed by atoms with Crippen molar-refractivity contribution in [2.75, 3.05) is 13.1 Å². The largest absolute Gasteiger partial charge is 0.351 e.